The van der Waals surface area contributed by atoms with Crippen LogP contribution >= 0.6 is 22.7 Å². The zero-order valence-electron chi connectivity index (χ0n) is 16.2. The molecule has 8 heteroatoms. The van der Waals surface area contributed by atoms with Gasteiger partial charge in [-0.3, -0.25) is 9.59 Å². The van der Waals surface area contributed by atoms with Crippen LogP contribution in [0.3, 0.4) is 0 Å². The van der Waals surface area contributed by atoms with Crippen molar-refractivity contribution >= 4 is 45.5 Å². The first kappa shape index (κ1) is 20.5. The minimum absolute atomic E-state index is 0.180. The number of rotatable bonds is 5. The molecule has 1 aliphatic heterocycles. The predicted octanol–water partition coefficient (Wildman–Crippen LogP) is 4.10. The molecule has 1 saturated heterocycles. The quantitative estimate of drug-likeness (QED) is 0.739. The average molecular weight is 421 g/mol. The molecule has 6 nitrogen and oxygen atoms in total. The standard InChI is InChI=1S/C20H24N2O4S2/c1-12-7-13(2)9-22(8-12)17(24)10-26-20(25)18-15(16-5-4-6-27-16)11-28-19(18)21-14(3)23/h4-6,11-13H,7-10H2,1-3H3,(H,21,23)/t12-,13-/m0/s1. The van der Waals surface area contributed by atoms with Crippen molar-refractivity contribution in [1.29, 1.82) is 0 Å². The molecule has 2 amide bonds. The average Bonchev–Trinajstić information content (AvgIpc) is 3.27. The monoisotopic (exact) mass is 420 g/mol. The zero-order valence-corrected chi connectivity index (χ0v) is 17.8. The summed E-state index contributed by atoms with van der Waals surface area (Å²) in [5, 5.41) is 6.87. The topological polar surface area (TPSA) is 75.7 Å². The number of piperidine rings is 1. The van der Waals surface area contributed by atoms with E-state index in [0.29, 0.717) is 41.1 Å². The second kappa shape index (κ2) is 8.87. The lowest BCUT2D eigenvalue weighted by molar-refractivity contribution is -0.137. The number of ether oxygens (including phenoxy) is 1. The number of likely N-dealkylation sites (tertiary alicyclic amines) is 1. The van der Waals surface area contributed by atoms with Crippen molar-refractivity contribution in [1.82, 2.24) is 4.90 Å². The van der Waals surface area contributed by atoms with E-state index < -0.39 is 5.97 Å². The van der Waals surface area contributed by atoms with Gasteiger partial charge < -0.3 is 15.0 Å². The molecule has 0 unspecified atom stereocenters. The molecule has 3 heterocycles. The van der Waals surface area contributed by atoms with Crippen LogP contribution in [0.4, 0.5) is 5.00 Å². The van der Waals surface area contributed by atoms with Gasteiger partial charge in [0.1, 0.15) is 10.6 Å². The number of anilines is 1. The van der Waals surface area contributed by atoms with Crippen molar-refractivity contribution < 1.29 is 19.1 Å². The summed E-state index contributed by atoms with van der Waals surface area (Å²) in [6.45, 7) is 6.73. The maximum atomic E-state index is 12.8. The van der Waals surface area contributed by atoms with E-state index in [1.807, 2.05) is 22.9 Å². The number of esters is 1. The van der Waals surface area contributed by atoms with Gasteiger partial charge in [0.25, 0.3) is 5.91 Å². The number of amides is 2. The minimum Gasteiger partial charge on any atom is -0.452 e. The Labute approximate surface area is 172 Å². The van der Waals surface area contributed by atoms with Crippen molar-refractivity contribution in [2.24, 2.45) is 11.8 Å². The van der Waals surface area contributed by atoms with Gasteiger partial charge in [-0.15, -0.1) is 22.7 Å². The van der Waals surface area contributed by atoms with Crippen LogP contribution in [-0.2, 0) is 14.3 Å². The van der Waals surface area contributed by atoms with E-state index in [-0.39, 0.29) is 18.4 Å². The lowest BCUT2D eigenvalue weighted by Crippen LogP contribution is -2.44. The molecule has 1 N–H and O–H groups in total. The van der Waals surface area contributed by atoms with Crippen molar-refractivity contribution in [2.45, 2.75) is 27.2 Å². The van der Waals surface area contributed by atoms with Crippen molar-refractivity contribution in [3.05, 3.63) is 28.5 Å². The second-order valence-electron chi connectivity index (χ2n) is 7.33. The molecule has 1 aliphatic rings. The zero-order chi connectivity index (χ0) is 20.3. The summed E-state index contributed by atoms with van der Waals surface area (Å²) < 4.78 is 5.36. The molecule has 2 atom stereocenters. The van der Waals surface area contributed by atoms with Crippen LogP contribution in [0.1, 0.15) is 37.6 Å². The van der Waals surface area contributed by atoms with Gasteiger partial charge in [0.05, 0.1) is 0 Å². The molecule has 1 fully saturated rings. The third-order valence-electron chi connectivity index (χ3n) is 4.62. The van der Waals surface area contributed by atoms with Gasteiger partial charge in [-0.1, -0.05) is 19.9 Å². The number of carbonyl (C=O) groups excluding carboxylic acids is 3. The maximum absolute atomic E-state index is 12.8. The van der Waals surface area contributed by atoms with Crippen LogP contribution in [0.5, 0.6) is 0 Å². The first-order valence-corrected chi connectivity index (χ1v) is 11.0. The van der Waals surface area contributed by atoms with Crippen LogP contribution in [0.15, 0.2) is 22.9 Å². The van der Waals surface area contributed by atoms with Gasteiger partial charge >= 0.3 is 5.97 Å². The molecule has 0 bridgehead atoms. The Morgan fingerprint density at radius 2 is 1.93 bits per heavy atom. The Kier molecular flexibility index (Phi) is 6.51. The molecular formula is C20H24N2O4S2. The number of carbonyl (C=O) groups is 3. The van der Waals surface area contributed by atoms with E-state index in [2.05, 4.69) is 19.2 Å². The summed E-state index contributed by atoms with van der Waals surface area (Å²) in [7, 11) is 0. The Balaban J connectivity index is 1.73. The lowest BCUT2D eigenvalue weighted by atomic mass is 9.92. The van der Waals surface area contributed by atoms with Gasteiger partial charge in [0, 0.05) is 35.8 Å². The molecule has 2 aromatic heterocycles. The summed E-state index contributed by atoms with van der Waals surface area (Å²) in [4.78, 5) is 39.5. The van der Waals surface area contributed by atoms with Gasteiger partial charge in [-0.2, -0.15) is 0 Å². The number of thiophene rings is 2. The fourth-order valence-corrected chi connectivity index (χ4v) is 5.40. The summed E-state index contributed by atoms with van der Waals surface area (Å²) in [5.74, 6) is -0.157. The number of nitrogens with one attached hydrogen (secondary N) is 1. The van der Waals surface area contributed by atoms with Crippen LogP contribution in [0.25, 0.3) is 10.4 Å². The van der Waals surface area contributed by atoms with E-state index in [1.54, 1.807) is 4.90 Å². The number of nitrogens with zero attached hydrogens (tertiary/aromatic N) is 1. The highest BCUT2D eigenvalue weighted by Gasteiger charge is 2.28. The Hall–Kier alpha value is -2.19. The smallest absolute Gasteiger partial charge is 0.342 e. The molecule has 0 aromatic carbocycles. The largest absolute Gasteiger partial charge is 0.452 e. The van der Waals surface area contributed by atoms with Crippen molar-refractivity contribution in [2.75, 3.05) is 25.0 Å². The van der Waals surface area contributed by atoms with Crippen molar-refractivity contribution in [3.8, 4) is 10.4 Å². The highest BCUT2D eigenvalue weighted by molar-refractivity contribution is 7.17. The van der Waals surface area contributed by atoms with Crippen LogP contribution in [0, 0.1) is 11.8 Å². The summed E-state index contributed by atoms with van der Waals surface area (Å²) in [6, 6.07) is 3.80. The van der Waals surface area contributed by atoms with E-state index in [0.717, 1.165) is 11.3 Å². The van der Waals surface area contributed by atoms with Crippen LogP contribution < -0.4 is 5.32 Å². The third kappa shape index (κ3) is 4.80. The van der Waals surface area contributed by atoms with E-state index in [1.165, 1.54) is 29.6 Å². The molecule has 28 heavy (non-hydrogen) atoms. The third-order valence-corrected chi connectivity index (χ3v) is 6.42. The molecular weight excluding hydrogens is 396 g/mol. The second-order valence-corrected chi connectivity index (χ2v) is 9.16. The fourth-order valence-electron chi connectivity index (χ4n) is 3.58. The molecule has 0 saturated carbocycles. The van der Waals surface area contributed by atoms with E-state index in [4.69, 9.17) is 4.74 Å². The fraction of sp³-hybridized carbons (Fsp3) is 0.450. The molecule has 2 aromatic rings. The van der Waals surface area contributed by atoms with Crippen molar-refractivity contribution in [3.63, 3.8) is 0 Å². The van der Waals surface area contributed by atoms with E-state index in [9.17, 15) is 14.4 Å². The Bertz CT molecular complexity index is 850. The highest BCUT2D eigenvalue weighted by atomic mass is 32.1. The maximum Gasteiger partial charge on any atom is 0.342 e. The summed E-state index contributed by atoms with van der Waals surface area (Å²) >= 11 is 2.77. The molecule has 150 valence electrons. The highest BCUT2D eigenvalue weighted by Crippen LogP contribution is 2.38. The molecule has 0 spiro atoms. The minimum atomic E-state index is -0.597. The first-order chi connectivity index (χ1) is 13.3. The van der Waals surface area contributed by atoms with Crippen LogP contribution in [0.2, 0.25) is 0 Å². The molecule has 3 rings (SSSR count). The first-order valence-electron chi connectivity index (χ1n) is 9.23. The predicted molar refractivity (Wildman–Crippen MR) is 112 cm³/mol. The normalized spacial score (nSPS) is 19.3. The van der Waals surface area contributed by atoms with Gasteiger partial charge in [0.15, 0.2) is 6.61 Å². The Morgan fingerprint density at radius 3 is 2.54 bits per heavy atom. The lowest BCUT2D eigenvalue weighted by Gasteiger charge is -2.34. The number of hydrogen-bond acceptors (Lipinski definition) is 6. The van der Waals surface area contributed by atoms with Gasteiger partial charge in [0.2, 0.25) is 5.91 Å². The number of hydrogen-bond donors (Lipinski definition) is 1. The molecule has 0 radical (unpaired) electrons. The van der Waals surface area contributed by atoms with Gasteiger partial charge in [-0.25, -0.2) is 4.79 Å². The van der Waals surface area contributed by atoms with Crippen LogP contribution in [-0.4, -0.2) is 42.4 Å². The summed E-state index contributed by atoms with van der Waals surface area (Å²) in [6.07, 6.45) is 1.10. The SMILES string of the molecule is CC(=O)Nc1scc(-c2cccs2)c1C(=O)OCC(=O)N1C[C@@H](C)C[C@H](C)C1. The van der Waals surface area contributed by atoms with Gasteiger partial charge in [-0.05, 0) is 29.7 Å². The summed E-state index contributed by atoms with van der Waals surface area (Å²) in [5.41, 5.74) is 1.01. The Morgan fingerprint density at radius 1 is 1.21 bits per heavy atom. The van der Waals surface area contributed by atoms with E-state index >= 15 is 0 Å². The molecule has 0 aliphatic carbocycles.